The molecule has 0 saturated carbocycles. The summed E-state index contributed by atoms with van der Waals surface area (Å²) in [7, 11) is 3.95. The third kappa shape index (κ3) is 5.63. The van der Waals surface area contributed by atoms with Crippen LogP contribution in [-0.4, -0.2) is 60.4 Å². The van der Waals surface area contributed by atoms with Gasteiger partial charge in [0.05, 0.1) is 18.2 Å². The van der Waals surface area contributed by atoms with Crippen molar-refractivity contribution in [3.8, 4) is 5.75 Å². The lowest BCUT2D eigenvalue weighted by atomic mass is 9.92. The first-order valence-corrected chi connectivity index (χ1v) is 11.4. The van der Waals surface area contributed by atoms with E-state index < -0.39 is 17.7 Å². The van der Waals surface area contributed by atoms with E-state index in [9.17, 15) is 14.7 Å². The van der Waals surface area contributed by atoms with E-state index in [-0.39, 0.29) is 11.3 Å². The Kier molecular flexibility index (Phi) is 7.92. The number of ketones is 1. The van der Waals surface area contributed by atoms with Crippen LogP contribution >= 0.6 is 0 Å². The van der Waals surface area contributed by atoms with Crippen LogP contribution in [0.4, 0.5) is 0 Å². The molecule has 176 valence electrons. The highest BCUT2D eigenvalue weighted by Crippen LogP contribution is 2.40. The van der Waals surface area contributed by atoms with E-state index in [4.69, 9.17) is 4.74 Å². The number of benzene rings is 2. The summed E-state index contributed by atoms with van der Waals surface area (Å²) in [6.45, 7) is 7.84. The minimum atomic E-state index is -0.654. The third-order valence-corrected chi connectivity index (χ3v) is 5.72. The van der Waals surface area contributed by atoms with Crippen molar-refractivity contribution < 1.29 is 19.4 Å². The van der Waals surface area contributed by atoms with Crippen molar-refractivity contribution in [2.45, 2.75) is 33.2 Å². The molecule has 1 heterocycles. The molecule has 6 nitrogen and oxygen atoms in total. The smallest absolute Gasteiger partial charge is 0.295 e. The number of Topliss-reactive ketones (excluding diaryl/α,β-unsaturated/α-hetero) is 1. The van der Waals surface area contributed by atoms with Crippen LogP contribution in [0.5, 0.6) is 5.75 Å². The minimum absolute atomic E-state index is 0.125. The SMILES string of the molecule is Cc1ccccc1C1/C(=C(\O)c2cccc(OCC(C)C)c2)C(=O)C(=O)N1CCCN(C)C. The third-order valence-electron chi connectivity index (χ3n) is 5.72. The van der Waals surface area contributed by atoms with Crippen LogP contribution in [0, 0.1) is 12.8 Å². The van der Waals surface area contributed by atoms with E-state index in [1.165, 1.54) is 0 Å². The second kappa shape index (κ2) is 10.7. The lowest BCUT2D eigenvalue weighted by Crippen LogP contribution is -2.32. The normalized spacial score (nSPS) is 17.9. The molecule has 1 atom stereocenters. The summed E-state index contributed by atoms with van der Waals surface area (Å²) >= 11 is 0. The second-order valence-electron chi connectivity index (χ2n) is 9.24. The van der Waals surface area contributed by atoms with Gasteiger partial charge in [-0.25, -0.2) is 0 Å². The van der Waals surface area contributed by atoms with E-state index >= 15 is 0 Å². The van der Waals surface area contributed by atoms with E-state index in [1.807, 2.05) is 56.3 Å². The summed E-state index contributed by atoms with van der Waals surface area (Å²) in [5.41, 5.74) is 2.39. The summed E-state index contributed by atoms with van der Waals surface area (Å²) < 4.78 is 5.80. The van der Waals surface area contributed by atoms with Gasteiger partial charge in [0.2, 0.25) is 0 Å². The van der Waals surface area contributed by atoms with Crippen LogP contribution in [0.2, 0.25) is 0 Å². The van der Waals surface area contributed by atoms with Gasteiger partial charge in [0, 0.05) is 12.1 Å². The Morgan fingerprint density at radius 2 is 1.85 bits per heavy atom. The van der Waals surface area contributed by atoms with Gasteiger partial charge < -0.3 is 19.6 Å². The van der Waals surface area contributed by atoms with Crippen molar-refractivity contribution in [3.63, 3.8) is 0 Å². The van der Waals surface area contributed by atoms with Crippen molar-refractivity contribution in [1.82, 2.24) is 9.80 Å². The lowest BCUT2D eigenvalue weighted by molar-refractivity contribution is -0.139. The maximum Gasteiger partial charge on any atom is 0.295 e. The molecule has 33 heavy (non-hydrogen) atoms. The zero-order chi connectivity index (χ0) is 24.1. The predicted molar refractivity (Wildman–Crippen MR) is 130 cm³/mol. The van der Waals surface area contributed by atoms with Gasteiger partial charge >= 0.3 is 0 Å². The number of aliphatic hydroxyl groups excluding tert-OH is 1. The number of likely N-dealkylation sites (tertiary alicyclic amines) is 1. The van der Waals surface area contributed by atoms with E-state index in [0.29, 0.717) is 30.4 Å². The molecule has 0 spiro atoms. The van der Waals surface area contributed by atoms with E-state index in [1.54, 1.807) is 23.1 Å². The van der Waals surface area contributed by atoms with Crippen molar-refractivity contribution >= 4 is 17.4 Å². The molecule has 1 amide bonds. The first kappa shape index (κ1) is 24.5. The largest absolute Gasteiger partial charge is 0.507 e. The Labute approximate surface area is 196 Å². The van der Waals surface area contributed by atoms with Gasteiger partial charge in [-0.1, -0.05) is 50.2 Å². The first-order chi connectivity index (χ1) is 15.7. The van der Waals surface area contributed by atoms with E-state index in [2.05, 4.69) is 13.8 Å². The van der Waals surface area contributed by atoms with Gasteiger partial charge in [-0.15, -0.1) is 0 Å². The highest BCUT2D eigenvalue weighted by molar-refractivity contribution is 6.46. The molecule has 2 aromatic carbocycles. The minimum Gasteiger partial charge on any atom is -0.507 e. The summed E-state index contributed by atoms with van der Waals surface area (Å²) in [6.07, 6.45) is 0.723. The molecule has 0 aromatic heterocycles. The Hall–Kier alpha value is -3.12. The van der Waals surface area contributed by atoms with Crippen LogP contribution in [0.1, 0.15) is 43.0 Å². The predicted octanol–water partition coefficient (Wildman–Crippen LogP) is 4.40. The van der Waals surface area contributed by atoms with Gasteiger partial charge in [0.1, 0.15) is 11.5 Å². The number of nitrogens with zero attached hydrogens (tertiary/aromatic N) is 2. The van der Waals surface area contributed by atoms with Crippen molar-refractivity contribution in [1.29, 1.82) is 0 Å². The highest BCUT2D eigenvalue weighted by atomic mass is 16.5. The fourth-order valence-electron chi connectivity index (χ4n) is 4.04. The van der Waals surface area contributed by atoms with Gasteiger partial charge in [-0.2, -0.15) is 0 Å². The highest BCUT2D eigenvalue weighted by Gasteiger charge is 2.46. The number of ether oxygens (including phenoxy) is 1. The molecule has 3 rings (SSSR count). The standard InChI is InChI=1S/C27H34N2O4/c1-18(2)17-33-21-12-8-11-20(16-21)25(30)23-24(22-13-7-6-10-19(22)3)29(27(32)26(23)31)15-9-14-28(4)5/h6-8,10-13,16,18,24,30H,9,14-15,17H2,1-5H3/b25-23+. The quantitative estimate of drug-likeness (QED) is 0.348. The number of carbonyl (C=O) groups is 2. The zero-order valence-corrected chi connectivity index (χ0v) is 20.2. The number of hydrogen-bond acceptors (Lipinski definition) is 5. The van der Waals surface area contributed by atoms with Crippen LogP contribution in [0.15, 0.2) is 54.1 Å². The van der Waals surface area contributed by atoms with Crippen LogP contribution in [0.25, 0.3) is 5.76 Å². The Morgan fingerprint density at radius 3 is 2.52 bits per heavy atom. The maximum atomic E-state index is 13.2. The molecule has 1 N–H and O–H groups in total. The topological polar surface area (TPSA) is 70.1 Å². The molecule has 0 bridgehead atoms. The second-order valence-corrected chi connectivity index (χ2v) is 9.24. The lowest BCUT2D eigenvalue weighted by Gasteiger charge is -2.27. The molecular formula is C27H34N2O4. The molecule has 1 aliphatic heterocycles. The summed E-state index contributed by atoms with van der Waals surface area (Å²) in [4.78, 5) is 29.9. The van der Waals surface area contributed by atoms with Crippen LogP contribution in [0.3, 0.4) is 0 Å². The molecule has 0 aliphatic carbocycles. The van der Waals surface area contributed by atoms with Crippen molar-refractivity contribution in [3.05, 3.63) is 70.8 Å². The zero-order valence-electron chi connectivity index (χ0n) is 20.2. The molecule has 6 heteroatoms. The number of rotatable bonds is 9. The fourth-order valence-corrected chi connectivity index (χ4v) is 4.04. The summed E-state index contributed by atoms with van der Waals surface area (Å²) in [6, 6.07) is 14.1. The van der Waals surface area contributed by atoms with Gasteiger partial charge in [-0.05, 0) is 63.2 Å². The Morgan fingerprint density at radius 1 is 1.12 bits per heavy atom. The monoisotopic (exact) mass is 450 g/mol. The average molecular weight is 451 g/mol. The number of carbonyl (C=O) groups excluding carboxylic acids is 2. The maximum absolute atomic E-state index is 13.2. The summed E-state index contributed by atoms with van der Waals surface area (Å²) in [5, 5.41) is 11.3. The van der Waals surface area contributed by atoms with Crippen LogP contribution in [-0.2, 0) is 9.59 Å². The molecule has 2 aromatic rings. The van der Waals surface area contributed by atoms with Gasteiger partial charge in [0.15, 0.2) is 0 Å². The Balaban J connectivity index is 2.06. The number of hydrogen-bond donors (Lipinski definition) is 1. The van der Waals surface area contributed by atoms with Gasteiger partial charge in [-0.3, -0.25) is 9.59 Å². The van der Waals surface area contributed by atoms with Crippen LogP contribution < -0.4 is 4.74 Å². The molecule has 1 aliphatic rings. The van der Waals surface area contributed by atoms with Gasteiger partial charge in [0.25, 0.3) is 11.7 Å². The number of aliphatic hydroxyl groups is 1. The fraction of sp³-hybridized carbons (Fsp3) is 0.407. The Bertz CT molecular complexity index is 1040. The number of aryl methyl sites for hydroxylation is 1. The molecule has 1 fully saturated rings. The molecule has 1 unspecified atom stereocenters. The van der Waals surface area contributed by atoms with E-state index in [0.717, 1.165) is 24.1 Å². The molecular weight excluding hydrogens is 416 g/mol. The van der Waals surface area contributed by atoms with Crippen molar-refractivity contribution in [2.75, 3.05) is 33.8 Å². The average Bonchev–Trinajstić information content (AvgIpc) is 3.02. The summed E-state index contributed by atoms with van der Waals surface area (Å²) in [5.74, 6) is -0.433. The molecule has 0 radical (unpaired) electrons. The van der Waals surface area contributed by atoms with Crippen molar-refractivity contribution in [2.24, 2.45) is 5.92 Å². The number of amides is 1. The first-order valence-electron chi connectivity index (χ1n) is 11.4. The molecule has 1 saturated heterocycles.